The molecule has 0 aliphatic carbocycles. The SMILES string of the molecule is Cc1ccc([N+](=O)[O-])cc1-c1noc(C2CCCCN2)n1. The molecule has 1 unspecified atom stereocenters. The highest BCUT2D eigenvalue weighted by Gasteiger charge is 2.22. The summed E-state index contributed by atoms with van der Waals surface area (Å²) in [4.78, 5) is 14.9. The Morgan fingerprint density at radius 1 is 1.43 bits per heavy atom. The van der Waals surface area contributed by atoms with Crippen LogP contribution in [0, 0.1) is 17.0 Å². The number of aromatic nitrogens is 2. The van der Waals surface area contributed by atoms with Crippen molar-refractivity contribution >= 4 is 5.69 Å². The fourth-order valence-corrected chi connectivity index (χ4v) is 2.51. The van der Waals surface area contributed by atoms with E-state index in [-0.39, 0.29) is 11.7 Å². The largest absolute Gasteiger partial charge is 0.337 e. The number of hydrogen-bond acceptors (Lipinski definition) is 6. The highest BCUT2D eigenvalue weighted by Crippen LogP contribution is 2.28. The summed E-state index contributed by atoms with van der Waals surface area (Å²) in [5, 5.41) is 18.2. The standard InChI is InChI=1S/C14H16N4O3/c1-9-5-6-10(18(19)20)8-11(9)13-16-14(21-17-13)12-4-2-3-7-15-12/h5-6,8,12,15H,2-4,7H2,1H3. The summed E-state index contributed by atoms with van der Waals surface area (Å²) in [5.41, 5.74) is 1.54. The second-order valence-corrected chi connectivity index (χ2v) is 5.22. The van der Waals surface area contributed by atoms with Crippen molar-refractivity contribution in [3.05, 3.63) is 39.8 Å². The van der Waals surface area contributed by atoms with Crippen molar-refractivity contribution in [2.24, 2.45) is 0 Å². The summed E-state index contributed by atoms with van der Waals surface area (Å²) in [6.45, 7) is 2.81. The predicted octanol–water partition coefficient (Wildman–Crippen LogP) is 2.77. The molecule has 1 aromatic heterocycles. The lowest BCUT2D eigenvalue weighted by atomic mass is 10.0. The normalized spacial score (nSPS) is 18.6. The molecule has 1 atom stereocenters. The Labute approximate surface area is 121 Å². The molecular formula is C14H16N4O3. The lowest BCUT2D eigenvalue weighted by Crippen LogP contribution is -2.26. The molecule has 7 nitrogen and oxygen atoms in total. The van der Waals surface area contributed by atoms with Gasteiger partial charge < -0.3 is 9.84 Å². The first kappa shape index (κ1) is 13.7. The third-order valence-electron chi connectivity index (χ3n) is 3.72. The van der Waals surface area contributed by atoms with Gasteiger partial charge in [-0.15, -0.1) is 0 Å². The first-order chi connectivity index (χ1) is 10.1. The van der Waals surface area contributed by atoms with E-state index in [2.05, 4.69) is 15.5 Å². The van der Waals surface area contributed by atoms with Crippen LogP contribution < -0.4 is 5.32 Å². The van der Waals surface area contributed by atoms with E-state index in [4.69, 9.17) is 4.52 Å². The summed E-state index contributed by atoms with van der Waals surface area (Å²) < 4.78 is 5.32. The third-order valence-corrected chi connectivity index (χ3v) is 3.72. The van der Waals surface area contributed by atoms with Gasteiger partial charge in [0, 0.05) is 17.7 Å². The number of benzene rings is 1. The van der Waals surface area contributed by atoms with Crippen molar-refractivity contribution in [1.82, 2.24) is 15.5 Å². The van der Waals surface area contributed by atoms with Crippen LogP contribution in [0.4, 0.5) is 5.69 Å². The van der Waals surface area contributed by atoms with Gasteiger partial charge in [-0.25, -0.2) is 0 Å². The molecule has 0 amide bonds. The van der Waals surface area contributed by atoms with Gasteiger partial charge in [0.1, 0.15) is 0 Å². The topological polar surface area (TPSA) is 94.1 Å². The number of aryl methyl sites for hydroxylation is 1. The van der Waals surface area contributed by atoms with E-state index >= 15 is 0 Å². The minimum atomic E-state index is -0.424. The molecule has 21 heavy (non-hydrogen) atoms. The first-order valence-electron chi connectivity index (χ1n) is 6.97. The Hall–Kier alpha value is -2.28. The highest BCUT2D eigenvalue weighted by molar-refractivity contribution is 5.63. The molecule has 1 N–H and O–H groups in total. The molecule has 0 saturated carbocycles. The number of nitro benzene ring substituents is 1. The van der Waals surface area contributed by atoms with Crippen molar-refractivity contribution in [2.75, 3.05) is 6.54 Å². The van der Waals surface area contributed by atoms with Crippen LogP contribution in [-0.4, -0.2) is 21.6 Å². The van der Waals surface area contributed by atoms with Gasteiger partial charge in [0.05, 0.1) is 11.0 Å². The lowest BCUT2D eigenvalue weighted by Gasteiger charge is -2.19. The quantitative estimate of drug-likeness (QED) is 0.689. The number of piperidine rings is 1. The summed E-state index contributed by atoms with van der Waals surface area (Å²) in [7, 11) is 0. The molecule has 7 heteroatoms. The maximum absolute atomic E-state index is 10.9. The van der Waals surface area contributed by atoms with Gasteiger partial charge in [-0.05, 0) is 31.9 Å². The molecule has 2 heterocycles. The van der Waals surface area contributed by atoms with E-state index in [1.807, 2.05) is 6.92 Å². The van der Waals surface area contributed by atoms with Crippen molar-refractivity contribution in [3.8, 4) is 11.4 Å². The molecule has 1 aliphatic rings. The molecule has 1 fully saturated rings. The van der Waals surface area contributed by atoms with Gasteiger partial charge in [0.2, 0.25) is 11.7 Å². The second-order valence-electron chi connectivity index (χ2n) is 5.22. The molecule has 3 rings (SSSR count). The van der Waals surface area contributed by atoms with E-state index in [0.717, 1.165) is 31.4 Å². The van der Waals surface area contributed by atoms with E-state index in [1.54, 1.807) is 6.07 Å². The molecule has 1 saturated heterocycles. The van der Waals surface area contributed by atoms with Gasteiger partial charge >= 0.3 is 0 Å². The molecule has 0 bridgehead atoms. The van der Waals surface area contributed by atoms with Crippen molar-refractivity contribution in [3.63, 3.8) is 0 Å². The Bertz CT molecular complexity index is 662. The number of rotatable bonds is 3. The van der Waals surface area contributed by atoms with Crippen LogP contribution in [0.5, 0.6) is 0 Å². The zero-order chi connectivity index (χ0) is 14.8. The summed E-state index contributed by atoms with van der Waals surface area (Å²) in [5.74, 6) is 0.953. The third kappa shape index (κ3) is 2.78. The highest BCUT2D eigenvalue weighted by atomic mass is 16.6. The van der Waals surface area contributed by atoms with Crippen molar-refractivity contribution < 1.29 is 9.45 Å². The number of nitro groups is 1. The average molecular weight is 288 g/mol. The van der Waals surface area contributed by atoms with Gasteiger partial charge in [-0.3, -0.25) is 10.1 Å². The van der Waals surface area contributed by atoms with E-state index in [9.17, 15) is 10.1 Å². The number of nitrogens with zero attached hydrogens (tertiary/aromatic N) is 3. The lowest BCUT2D eigenvalue weighted by molar-refractivity contribution is -0.384. The fourth-order valence-electron chi connectivity index (χ4n) is 2.51. The van der Waals surface area contributed by atoms with Crippen molar-refractivity contribution in [1.29, 1.82) is 0 Å². The number of hydrogen-bond donors (Lipinski definition) is 1. The van der Waals surface area contributed by atoms with Crippen LogP contribution >= 0.6 is 0 Å². The Morgan fingerprint density at radius 2 is 2.29 bits per heavy atom. The Morgan fingerprint density at radius 3 is 3.00 bits per heavy atom. The van der Waals surface area contributed by atoms with Crippen LogP contribution in [0.2, 0.25) is 0 Å². The first-order valence-corrected chi connectivity index (χ1v) is 6.97. The molecule has 0 spiro atoms. The van der Waals surface area contributed by atoms with Crippen LogP contribution in [0.15, 0.2) is 22.7 Å². The van der Waals surface area contributed by atoms with Crippen LogP contribution in [-0.2, 0) is 0 Å². The van der Waals surface area contributed by atoms with Crippen molar-refractivity contribution in [2.45, 2.75) is 32.2 Å². The predicted molar refractivity (Wildman–Crippen MR) is 75.7 cm³/mol. The molecule has 110 valence electrons. The van der Waals surface area contributed by atoms with Gasteiger partial charge in [0.15, 0.2) is 0 Å². The monoisotopic (exact) mass is 288 g/mol. The fraction of sp³-hybridized carbons (Fsp3) is 0.429. The zero-order valence-electron chi connectivity index (χ0n) is 11.7. The van der Waals surface area contributed by atoms with Gasteiger partial charge in [-0.1, -0.05) is 17.6 Å². The molecular weight excluding hydrogens is 272 g/mol. The minimum absolute atomic E-state index is 0.0257. The average Bonchev–Trinajstić information content (AvgIpc) is 2.98. The second kappa shape index (κ2) is 5.61. The zero-order valence-corrected chi connectivity index (χ0v) is 11.7. The number of nitrogens with one attached hydrogen (secondary N) is 1. The number of non-ortho nitro benzene ring substituents is 1. The Balaban J connectivity index is 1.92. The molecule has 2 aromatic rings. The van der Waals surface area contributed by atoms with Crippen LogP contribution in [0.1, 0.15) is 36.8 Å². The van der Waals surface area contributed by atoms with E-state index in [1.165, 1.54) is 12.1 Å². The summed E-state index contributed by atoms with van der Waals surface area (Å²) in [6.07, 6.45) is 3.25. The maximum atomic E-state index is 10.9. The maximum Gasteiger partial charge on any atom is 0.270 e. The van der Waals surface area contributed by atoms with Gasteiger partial charge in [0.25, 0.3) is 5.69 Å². The van der Waals surface area contributed by atoms with E-state index < -0.39 is 4.92 Å². The molecule has 1 aromatic carbocycles. The summed E-state index contributed by atoms with van der Waals surface area (Å²) in [6, 6.07) is 4.74. The van der Waals surface area contributed by atoms with Crippen LogP contribution in [0.3, 0.4) is 0 Å². The van der Waals surface area contributed by atoms with Gasteiger partial charge in [-0.2, -0.15) is 4.98 Å². The Kier molecular flexibility index (Phi) is 3.66. The smallest absolute Gasteiger partial charge is 0.270 e. The molecule has 1 aliphatic heterocycles. The molecule has 0 radical (unpaired) electrons. The van der Waals surface area contributed by atoms with E-state index in [0.29, 0.717) is 17.3 Å². The minimum Gasteiger partial charge on any atom is -0.337 e. The van der Waals surface area contributed by atoms with Crippen LogP contribution in [0.25, 0.3) is 11.4 Å². The summed E-state index contributed by atoms with van der Waals surface area (Å²) >= 11 is 0.